The quantitative estimate of drug-likeness (QED) is 0.682. The molecular formula is C9H12O4. The average Bonchev–Trinajstić information content (AvgIpc) is 2.12. The Morgan fingerprint density at radius 1 is 1.15 bits per heavy atom. The van der Waals surface area contributed by atoms with Gasteiger partial charge in [-0.15, -0.1) is 0 Å². The van der Waals surface area contributed by atoms with Crippen LogP contribution in [0.1, 0.15) is 5.56 Å². The fourth-order valence-corrected chi connectivity index (χ4v) is 1.11. The standard InChI is InChI=1S/C9H12O4/c1-5-6(10)4-7(12-2)8(11)9(5)13-3/h4,10-11H,1-3H3. The SMILES string of the molecule is COc1cc(O)c(C)c(OC)c1O. The first-order valence-corrected chi connectivity index (χ1v) is 3.75. The monoisotopic (exact) mass is 184 g/mol. The van der Waals surface area contributed by atoms with Crippen LogP contribution in [0.5, 0.6) is 23.0 Å². The molecular weight excluding hydrogens is 172 g/mol. The first-order valence-electron chi connectivity index (χ1n) is 3.75. The van der Waals surface area contributed by atoms with Crippen LogP contribution < -0.4 is 9.47 Å². The number of methoxy groups -OCH3 is 2. The molecule has 0 bridgehead atoms. The molecule has 0 atom stereocenters. The molecule has 1 aromatic carbocycles. The van der Waals surface area contributed by atoms with E-state index in [1.165, 1.54) is 20.3 Å². The maximum Gasteiger partial charge on any atom is 0.201 e. The molecule has 0 aromatic heterocycles. The lowest BCUT2D eigenvalue weighted by Crippen LogP contribution is -1.91. The largest absolute Gasteiger partial charge is 0.507 e. The van der Waals surface area contributed by atoms with Crippen LogP contribution in [0.25, 0.3) is 0 Å². The van der Waals surface area contributed by atoms with Gasteiger partial charge in [0.25, 0.3) is 0 Å². The Kier molecular flexibility index (Phi) is 2.51. The van der Waals surface area contributed by atoms with E-state index in [0.29, 0.717) is 5.56 Å². The van der Waals surface area contributed by atoms with Crippen molar-refractivity contribution in [3.05, 3.63) is 11.6 Å². The second kappa shape index (κ2) is 3.43. The number of ether oxygens (including phenoxy) is 2. The molecule has 0 unspecified atom stereocenters. The van der Waals surface area contributed by atoms with Crippen LogP contribution in [0.3, 0.4) is 0 Å². The molecule has 2 N–H and O–H groups in total. The minimum absolute atomic E-state index is 0.0338. The Labute approximate surface area is 76.3 Å². The number of aromatic hydroxyl groups is 2. The molecule has 0 fully saturated rings. The van der Waals surface area contributed by atoms with E-state index in [4.69, 9.17) is 9.47 Å². The molecule has 0 spiro atoms. The van der Waals surface area contributed by atoms with Crippen molar-refractivity contribution in [3.63, 3.8) is 0 Å². The summed E-state index contributed by atoms with van der Waals surface area (Å²) in [5, 5.41) is 18.9. The average molecular weight is 184 g/mol. The van der Waals surface area contributed by atoms with E-state index in [1.807, 2.05) is 0 Å². The minimum Gasteiger partial charge on any atom is -0.507 e. The highest BCUT2D eigenvalue weighted by Crippen LogP contribution is 2.43. The van der Waals surface area contributed by atoms with Crippen LogP contribution >= 0.6 is 0 Å². The summed E-state index contributed by atoms with van der Waals surface area (Å²) in [4.78, 5) is 0. The van der Waals surface area contributed by atoms with Crippen LogP contribution in [0, 0.1) is 6.92 Å². The van der Waals surface area contributed by atoms with Gasteiger partial charge in [-0.25, -0.2) is 0 Å². The predicted octanol–water partition coefficient (Wildman–Crippen LogP) is 1.42. The third-order valence-electron chi connectivity index (χ3n) is 1.87. The molecule has 0 aliphatic rings. The summed E-state index contributed by atoms with van der Waals surface area (Å²) in [5.41, 5.74) is 0.487. The summed E-state index contributed by atoms with van der Waals surface area (Å²) in [6.07, 6.45) is 0. The van der Waals surface area contributed by atoms with E-state index in [-0.39, 0.29) is 23.0 Å². The lowest BCUT2D eigenvalue weighted by atomic mass is 10.1. The van der Waals surface area contributed by atoms with Gasteiger partial charge in [0, 0.05) is 11.6 Å². The Hall–Kier alpha value is -1.58. The van der Waals surface area contributed by atoms with E-state index < -0.39 is 0 Å². The Morgan fingerprint density at radius 3 is 2.23 bits per heavy atom. The van der Waals surface area contributed by atoms with Gasteiger partial charge in [0.05, 0.1) is 14.2 Å². The number of hydrogen-bond donors (Lipinski definition) is 2. The van der Waals surface area contributed by atoms with Gasteiger partial charge in [0.2, 0.25) is 5.75 Å². The van der Waals surface area contributed by atoms with E-state index >= 15 is 0 Å². The molecule has 13 heavy (non-hydrogen) atoms. The topological polar surface area (TPSA) is 58.9 Å². The third-order valence-corrected chi connectivity index (χ3v) is 1.87. The van der Waals surface area contributed by atoms with E-state index in [0.717, 1.165) is 0 Å². The van der Waals surface area contributed by atoms with Crippen LogP contribution in [-0.2, 0) is 0 Å². The van der Waals surface area contributed by atoms with Crippen molar-refractivity contribution in [1.82, 2.24) is 0 Å². The highest BCUT2D eigenvalue weighted by atomic mass is 16.5. The smallest absolute Gasteiger partial charge is 0.201 e. The molecule has 0 radical (unpaired) electrons. The number of benzene rings is 1. The summed E-state index contributed by atoms with van der Waals surface area (Å²) in [7, 11) is 2.82. The first kappa shape index (κ1) is 9.51. The van der Waals surface area contributed by atoms with E-state index in [2.05, 4.69) is 0 Å². The minimum atomic E-state index is -0.0969. The maximum absolute atomic E-state index is 9.53. The molecule has 0 aliphatic heterocycles. The fourth-order valence-electron chi connectivity index (χ4n) is 1.11. The van der Waals surface area contributed by atoms with Gasteiger partial charge in [0.15, 0.2) is 11.5 Å². The van der Waals surface area contributed by atoms with Crippen LogP contribution in [0.4, 0.5) is 0 Å². The lowest BCUT2D eigenvalue weighted by molar-refractivity contribution is 0.332. The predicted molar refractivity (Wildman–Crippen MR) is 47.6 cm³/mol. The first-order chi connectivity index (χ1) is 6.11. The Bertz CT molecular complexity index is 320. The molecule has 0 saturated carbocycles. The summed E-state index contributed by atoms with van der Waals surface area (Å²) < 4.78 is 9.74. The van der Waals surface area contributed by atoms with Crippen molar-refractivity contribution in [2.24, 2.45) is 0 Å². The molecule has 0 saturated heterocycles. The Balaban J connectivity index is 3.39. The van der Waals surface area contributed by atoms with Gasteiger partial charge in [0.1, 0.15) is 5.75 Å². The number of phenolic OH excluding ortho intramolecular Hbond substituents is 2. The molecule has 0 heterocycles. The molecule has 0 aliphatic carbocycles. The van der Waals surface area contributed by atoms with Gasteiger partial charge in [-0.3, -0.25) is 0 Å². The zero-order valence-electron chi connectivity index (χ0n) is 7.79. The van der Waals surface area contributed by atoms with E-state index in [1.54, 1.807) is 6.92 Å². The molecule has 1 aromatic rings. The van der Waals surface area contributed by atoms with Gasteiger partial charge in [-0.1, -0.05) is 0 Å². The summed E-state index contributed by atoms with van der Waals surface area (Å²) in [6.45, 7) is 1.65. The molecule has 4 heteroatoms. The van der Waals surface area contributed by atoms with Gasteiger partial charge in [-0.2, -0.15) is 0 Å². The van der Waals surface area contributed by atoms with Crippen molar-refractivity contribution in [2.75, 3.05) is 14.2 Å². The number of phenols is 2. The normalized spacial score (nSPS) is 9.77. The highest BCUT2D eigenvalue weighted by molar-refractivity contribution is 5.59. The zero-order valence-corrected chi connectivity index (χ0v) is 7.79. The highest BCUT2D eigenvalue weighted by Gasteiger charge is 2.15. The second-order valence-electron chi connectivity index (χ2n) is 2.60. The zero-order chi connectivity index (χ0) is 10.0. The number of hydrogen-bond acceptors (Lipinski definition) is 4. The maximum atomic E-state index is 9.53. The summed E-state index contributed by atoms with van der Waals surface area (Å²) in [6, 6.07) is 1.34. The van der Waals surface area contributed by atoms with Crippen molar-refractivity contribution in [1.29, 1.82) is 0 Å². The van der Waals surface area contributed by atoms with Crippen LogP contribution in [0.15, 0.2) is 6.07 Å². The van der Waals surface area contributed by atoms with Crippen molar-refractivity contribution < 1.29 is 19.7 Å². The van der Waals surface area contributed by atoms with Crippen LogP contribution in [0.2, 0.25) is 0 Å². The van der Waals surface area contributed by atoms with Crippen LogP contribution in [-0.4, -0.2) is 24.4 Å². The lowest BCUT2D eigenvalue weighted by Gasteiger charge is -2.11. The van der Waals surface area contributed by atoms with Gasteiger partial charge >= 0.3 is 0 Å². The summed E-state index contributed by atoms with van der Waals surface area (Å²) >= 11 is 0. The summed E-state index contributed by atoms with van der Waals surface area (Å²) in [5.74, 6) is 0.364. The Morgan fingerprint density at radius 2 is 1.77 bits per heavy atom. The number of rotatable bonds is 2. The van der Waals surface area contributed by atoms with Gasteiger partial charge in [-0.05, 0) is 6.92 Å². The molecule has 4 nitrogen and oxygen atoms in total. The van der Waals surface area contributed by atoms with Crippen molar-refractivity contribution in [3.8, 4) is 23.0 Å². The van der Waals surface area contributed by atoms with Gasteiger partial charge < -0.3 is 19.7 Å². The fraction of sp³-hybridized carbons (Fsp3) is 0.333. The molecule has 72 valence electrons. The van der Waals surface area contributed by atoms with E-state index in [9.17, 15) is 10.2 Å². The third kappa shape index (κ3) is 1.47. The molecule has 1 rings (SSSR count). The van der Waals surface area contributed by atoms with Crippen molar-refractivity contribution >= 4 is 0 Å². The van der Waals surface area contributed by atoms with Crippen molar-refractivity contribution in [2.45, 2.75) is 6.92 Å². The second-order valence-corrected chi connectivity index (χ2v) is 2.60. The molecule has 0 amide bonds.